The molecule has 0 bridgehead atoms. The van der Waals surface area contributed by atoms with E-state index in [1.165, 1.54) is 12.8 Å². The van der Waals surface area contributed by atoms with E-state index in [0.29, 0.717) is 0 Å². The van der Waals surface area contributed by atoms with Gasteiger partial charge in [0, 0.05) is 34.6 Å². The third-order valence-corrected chi connectivity index (χ3v) is 0.827. The lowest BCUT2D eigenvalue weighted by Gasteiger charge is -1.76. The number of hydrogen-bond donors (Lipinski definition) is 0. The topological polar surface area (TPSA) is 43.4 Å². The minimum atomic E-state index is -3.72. The normalized spacial score (nSPS) is 16.2. The second-order valence-corrected chi connectivity index (χ2v) is 5.37. The molecule has 0 aromatic rings. The van der Waals surface area contributed by atoms with Crippen LogP contribution >= 0.6 is 21.4 Å². The van der Waals surface area contributed by atoms with Crippen molar-refractivity contribution in [2.24, 2.45) is 0 Å². The van der Waals surface area contributed by atoms with Gasteiger partial charge in [0.15, 0.2) is 0 Å². The molecule has 1 saturated heterocycles. The minimum Gasteiger partial charge on any atom is -0.381 e. The molecule has 0 unspecified atom stereocenters. The van der Waals surface area contributed by atoms with Crippen LogP contribution in [0.4, 0.5) is 0 Å². The van der Waals surface area contributed by atoms with Crippen molar-refractivity contribution in [1.29, 1.82) is 0 Å². The molecule has 11 heavy (non-hydrogen) atoms. The summed E-state index contributed by atoms with van der Waals surface area (Å²) in [6, 6.07) is 0. The van der Waals surface area contributed by atoms with Crippen molar-refractivity contribution in [3.63, 3.8) is 0 Å². The monoisotopic (exact) mass is 222 g/mol. The molecule has 0 spiro atoms. The van der Waals surface area contributed by atoms with E-state index < -0.39 is 8.26 Å². The lowest BCUT2D eigenvalue weighted by Crippen LogP contribution is -1.74. The average Bonchev–Trinajstić information content (AvgIpc) is 2.07. The molecule has 0 atom stereocenters. The number of rotatable bonds is 0. The van der Waals surface area contributed by atoms with Gasteiger partial charge in [-0.05, 0) is 12.8 Å². The standard InChI is InChI=1S/C4H8O.CH4.Cl2O2S/c1-2-4-5-3-1;;1-5(2,3)4/h1-4H2;1H4;. The molecule has 0 saturated carbocycles. The van der Waals surface area contributed by atoms with Gasteiger partial charge in [-0.2, -0.15) is 8.42 Å². The fraction of sp³-hybridized carbons (Fsp3) is 1.00. The second-order valence-electron chi connectivity index (χ2n) is 1.70. The van der Waals surface area contributed by atoms with Crippen LogP contribution in [0.15, 0.2) is 0 Å². The van der Waals surface area contributed by atoms with E-state index in [-0.39, 0.29) is 7.43 Å². The summed E-state index contributed by atoms with van der Waals surface area (Å²) in [5.41, 5.74) is 0. The van der Waals surface area contributed by atoms with Gasteiger partial charge in [0.25, 0.3) is 0 Å². The molecule has 1 aliphatic rings. The largest absolute Gasteiger partial charge is 0.381 e. The maximum Gasteiger partial charge on any atom is 0.317 e. The van der Waals surface area contributed by atoms with Crippen molar-refractivity contribution in [1.82, 2.24) is 0 Å². The first-order chi connectivity index (χ1) is 4.50. The van der Waals surface area contributed by atoms with Crippen LogP contribution in [0.3, 0.4) is 0 Å². The van der Waals surface area contributed by atoms with Gasteiger partial charge >= 0.3 is 8.26 Å². The van der Waals surface area contributed by atoms with Gasteiger partial charge in [0.2, 0.25) is 0 Å². The Balaban J connectivity index is 0. The van der Waals surface area contributed by atoms with Crippen LogP contribution in [0.25, 0.3) is 0 Å². The number of ether oxygens (including phenoxy) is 1. The zero-order chi connectivity index (χ0) is 8.04. The van der Waals surface area contributed by atoms with E-state index in [1.54, 1.807) is 0 Å². The van der Waals surface area contributed by atoms with Crippen LogP contribution < -0.4 is 0 Å². The Morgan fingerprint density at radius 1 is 1.09 bits per heavy atom. The van der Waals surface area contributed by atoms with Crippen LogP contribution in [0.1, 0.15) is 20.3 Å². The number of hydrogen-bond acceptors (Lipinski definition) is 3. The summed E-state index contributed by atoms with van der Waals surface area (Å²) in [4.78, 5) is 0. The fourth-order valence-corrected chi connectivity index (χ4v) is 0.510. The molecule has 3 nitrogen and oxygen atoms in total. The maximum atomic E-state index is 9.16. The Labute approximate surface area is 76.6 Å². The Bertz CT molecular complexity index is 147. The Kier molecular flexibility index (Phi) is 9.13. The van der Waals surface area contributed by atoms with E-state index in [2.05, 4.69) is 21.4 Å². The molecule has 0 amide bonds. The van der Waals surface area contributed by atoms with Gasteiger partial charge < -0.3 is 4.74 Å². The first kappa shape index (κ1) is 14.0. The van der Waals surface area contributed by atoms with Crippen molar-refractivity contribution in [2.45, 2.75) is 20.3 Å². The molecule has 0 aromatic carbocycles. The van der Waals surface area contributed by atoms with Crippen LogP contribution in [-0.2, 0) is 13.0 Å². The summed E-state index contributed by atoms with van der Waals surface area (Å²) in [5.74, 6) is 0. The molecular weight excluding hydrogens is 211 g/mol. The SMILES string of the molecule is C.C1CCOC1.O=S(=O)(Cl)Cl. The third-order valence-electron chi connectivity index (χ3n) is 0.827. The lowest BCUT2D eigenvalue weighted by molar-refractivity contribution is 0.198. The van der Waals surface area contributed by atoms with Gasteiger partial charge in [-0.3, -0.25) is 0 Å². The average molecular weight is 223 g/mol. The molecule has 1 heterocycles. The van der Waals surface area contributed by atoms with Gasteiger partial charge in [0.05, 0.1) is 0 Å². The van der Waals surface area contributed by atoms with Crippen LogP contribution in [0.2, 0.25) is 0 Å². The highest BCUT2D eigenvalue weighted by molar-refractivity contribution is 8.31. The highest BCUT2D eigenvalue weighted by Crippen LogP contribution is 1.98. The van der Waals surface area contributed by atoms with Crippen molar-refractivity contribution in [2.75, 3.05) is 13.2 Å². The first-order valence-electron chi connectivity index (χ1n) is 2.72. The smallest absolute Gasteiger partial charge is 0.317 e. The zero-order valence-corrected chi connectivity index (χ0v) is 7.55. The molecule has 1 fully saturated rings. The molecule has 0 N–H and O–H groups in total. The Morgan fingerprint density at radius 3 is 1.45 bits per heavy atom. The van der Waals surface area contributed by atoms with Crippen molar-refractivity contribution < 1.29 is 13.2 Å². The van der Waals surface area contributed by atoms with E-state index in [4.69, 9.17) is 13.2 Å². The summed E-state index contributed by atoms with van der Waals surface area (Å²) in [6.45, 7) is 2.00. The maximum absolute atomic E-state index is 9.16. The number of halogens is 2. The van der Waals surface area contributed by atoms with E-state index >= 15 is 0 Å². The second kappa shape index (κ2) is 7.16. The Hall–Kier alpha value is 0.490. The summed E-state index contributed by atoms with van der Waals surface area (Å²) in [5, 5.41) is 0. The molecular formula is C5H12Cl2O3S. The minimum absolute atomic E-state index is 0. The van der Waals surface area contributed by atoms with E-state index in [0.717, 1.165) is 13.2 Å². The lowest BCUT2D eigenvalue weighted by atomic mass is 10.4. The highest BCUT2D eigenvalue weighted by atomic mass is 36.0. The van der Waals surface area contributed by atoms with Gasteiger partial charge in [-0.25, -0.2) is 0 Å². The molecule has 70 valence electrons. The quantitative estimate of drug-likeness (QED) is 0.591. The summed E-state index contributed by atoms with van der Waals surface area (Å²) >= 11 is 0. The molecule has 1 rings (SSSR count). The fourth-order valence-electron chi connectivity index (χ4n) is 0.510. The molecule has 1 aliphatic heterocycles. The van der Waals surface area contributed by atoms with Crippen molar-refractivity contribution >= 4 is 29.6 Å². The first-order valence-corrected chi connectivity index (χ1v) is 5.85. The van der Waals surface area contributed by atoms with Gasteiger partial charge in [-0.1, -0.05) is 7.43 Å². The van der Waals surface area contributed by atoms with Crippen molar-refractivity contribution in [3.8, 4) is 0 Å². The van der Waals surface area contributed by atoms with E-state index in [9.17, 15) is 0 Å². The Morgan fingerprint density at radius 2 is 1.36 bits per heavy atom. The summed E-state index contributed by atoms with van der Waals surface area (Å²) in [6.07, 6.45) is 2.56. The van der Waals surface area contributed by atoms with Gasteiger partial charge in [0.1, 0.15) is 0 Å². The third kappa shape index (κ3) is 25.1. The molecule has 0 aromatic heterocycles. The predicted octanol–water partition coefficient (Wildman–Crippen LogP) is 2.14. The van der Waals surface area contributed by atoms with Crippen molar-refractivity contribution in [3.05, 3.63) is 0 Å². The van der Waals surface area contributed by atoms with Gasteiger partial charge in [-0.15, -0.1) is 0 Å². The van der Waals surface area contributed by atoms with E-state index in [1.807, 2.05) is 0 Å². The van der Waals surface area contributed by atoms with Crippen LogP contribution in [0.5, 0.6) is 0 Å². The highest BCUT2D eigenvalue weighted by Gasteiger charge is 1.94. The molecule has 0 aliphatic carbocycles. The predicted molar refractivity (Wildman–Crippen MR) is 47.4 cm³/mol. The zero-order valence-electron chi connectivity index (χ0n) is 5.22. The van der Waals surface area contributed by atoms with Crippen LogP contribution in [0, 0.1) is 0 Å². The molecule has 6 heteroatoms. The van der Waals surface area contributed by atoms with Crippen LogP contribution in [-0.4, -0.2) is 21.6 Å². The molecule has 0 radical (unpaired) electrons. The summed E-state index contributed by atoms with van der Waals surface area (Å²) in [7, 11) is 4.81. The summed E-state index contributed by atoms with van der Waals surface area (Å²) < 4.78 is 23.3.